The molecule has 1 fully saturated rings. The number of hydrogen-bond acceptors (Lipinski definition) is 9. The first-order chi connectivity index (χ1) is 16.1. The van der Waals surface area contributed by atoms with Crippen molar-refractivity contribution in [3.05, 3.63) is 41.6 Å². The molecule has 0 radical (unpaired) electrons. The fourth-order valence-electron chi connectivity index (χ4n) is 3.53. The number of nitrogens with one attached hydrogen (secondary N) is 2. The van der Waals surface area contributed by atoms with Crippen molar-refractivity contribution in [3.63, 3.8) is 0 Å². The molecule has 1 saturated heterocycles. The average Bonchev–Trinajstić information content (AvgIpc) is 2.77. The summed E-state index contributed by atoms with van der Waals surface area (Å²) in [6.07, 6.45) is 2.49. The fourth-order valence-corrected chi connectivity index (χ4v) is 3.53. The molecule has 2 aromatic rings. The number of carbonyl (C=O) groups is 3. The molecule has 0 aliphatic carbocycles. The van der Waals surface area contributed by atoms with Gasteiger partial charge in [-0.2, -0.15) is 4.98 Å². The molecule has 4 N–H and O–H groups in total. The Kier molecular flexibility index (Phi) is 7.54. The van der Waals surface area contributed by atoms with E-state index in [0.717, 1.165) is 12.8 Å². The van der Waals surface area contributed by atoms with Crippen LogP contribution in [0, 0.1) is 0 Å². The van der Waals surface area contributed by atoms with E-state index in [1.54, 1.807) is 24.3 Å². The van der Waals surface area contributed by atoms with Gasteiger partial charge in [-0.3, -0.25) is 4.79 Å². The van der Waals surface area contributed by atoms with Crippen molar-refractivity contribution in [2.24, 2.45) is 5.73 Å². The van der Waals surface area contributed by atoms with E-state index in [9.17, 15) is 14.4 Å². The maximum absolute atomic E-state index is 12.2. The highest BCUT2D eigenvalue weighted by atomic mass is 16.6. The number of primary amides is 1. The Labute approximate surface area is 198 Å². The van der Waals surface area contributed by atoms with E-state index < -0.39 is 23.6 Å². The summed E-state index contributed by atoms with van der Waals surface area (Å²) < 4.78 is 10.1. The smallest absolute Gasteiger partial charge is 0.407 e. The molecule has 1 aromatic carbocycles. The van der Waals surface area contributed by atoms with Gasteiger partial charge in [-0.25, -0.2) is 14.6 Å². The van der Waals surface area contributed by atoms with Gasteiger partial charge in [0.2, 0.25) is 5.95 Å². The second kappa shape index (κ2) is 10.4. The number of hydrogen-bond donors (Lipinski definition) is 3. The van der Waals surface area contributed by atoms with Crippen molar-refractivity contribution in [3.8, 4) is 0 Å². The van der Waals surface area contributed by atoms with E-state index in [1.807, 2.05) is 25.7 Å². The number of nitrogens with two attached hydrogens (primary N) is 1. The van der Waals surface area contributed by atoms with Gasteiger partial charge in [0.05, 0.1) is 12.7 Å². The van der Waals surface area contributed by atoms with Crippen LogP contribution in [-0.4, -0.2) is 59.8 Å². The van der Waals surface area contributed by atoms with E-state index in [2.05, 4.69) is 20.6 Å². The summed E-state index contributed by atoms with van der Waals surface area (Å²) in [6.45, 7) is 6.59. The highest BCUT2D eigenvalue weighted by Gasteiger charge is 2.26. The standard InChI is InChI=1S/C23H30N6O5/c1-23(2,3)34-22(32)27-16-9-6-10-29(13-16)21-25-12-17(18(24)30)19(28-21)26-15-8-5-7-14(11-15)20(31)33-4/h5,7-8,11-12,16H,6,9-10,13H2,1-4H3,(H2,24,30)(H,27,32)(H,25,26,28)/t16-/m0/s1. The quantitative estimate of drug-likeness (QED) is 0.542. The number of benzene rings is 1. The van der Waals surface area contributed by atoms with Crippen LogP contribution in [0.15, 0.2) is 30.5 Å². The van der Waals surface area contributed by atoms with Crippen molar-refractivity contribution in [2.75, 3.05) is 30.4 Å². The Balaban J connectivity index is 1.79. The molecule has 1 aromatic heterocycles. The Morgan fingerprint density at radius 2 is 2.00 bits per heavy atom. The Morgan fingerprint density at radius 3 is 2.68 bits per heavy atom. The first-order valence-corrected chi connectivity index (χ1v) is 10.9. The highest BCUT2D eigenvalue weighted by Crippen LogP contribution is 2.24. The van der Waals surface area contributed by atoms with Crippen LogP contribution in [0.1, 0.15) is 54.3 Å². The van der Waals surface area contributed by atoms with Crippen LogP contribution < -0.4 is 21.3 Å². The molecule has 0 saturated carbocycles. The van der Waals surface area contributed by atoms with Crippen LogP contribution in [0.5, 0.6) is 0 Å². The molecule has 11 nitrogen and oxygen atoms in total. The van der Waals surface area contributed by atoms with E-state index in [4.69, 9.17) is 15.2 Å². The van der Waals surface area contributed by atoms with Gasteiger partial charge in [-0.15, -0.1) is 0 Å². The largest absolute Gasteiger partial charge is 0.465 e. The van der Waals surface area contributed by atoms with Crippen molar-refractivity contribution in [2.45, 2.75) is 45.3 Å². The SMILES string of the molecule is COC(=O)c1cccc(Nc2nc(N3CCC[C@H](NC(=O)OC(C)(C)C)C3)ncc2C(N)=O)c1. The Morgan fingerprint density at radius 1 is 1.24 bits per heavy atom. The van der Waals surface area contributed by atoms with Gasteiger partial charge in [-0.1, -0.05) is 6.07 Å². The van der Waals surface area contributed by atoms with Crippen molar-refractivity contribution < 1.29 is 23.9 Å². The maximum atomic E-state index is 12.2. The van der Waals surface area contributed by atoms with E-state index in [0.29, 0.717) is 30.3 Å². The number of carbonyl (C=O) groups excluding carboxylic acids is 3. The highest BCUT2D eigenvalue weighted by molar-refractivity contribution is 5.98. The number of nitrogens with zero attached hydrogens (tertiary/aromatic N) is 3. The van der Waals surface area contributed by atoms with Gasteiger partial charge >= 0.3 is 12.1 Å². The summed E-state index contributed by atoms with van der Waals surface area (Å²) in [5.74, 6) is -0.589. The van der Waals surface area contributed by atoms with Crippen LogP contribution in [-0.2, 0) is 9.47 Å². The number of ether oxygens (including phenoxy) is 2. The lowest BCUT2D eigenvalue weighted by molar-refractivity contribution is 0.0498. The zero-order valence-corrected chi connectivity index (χ0v) is 19.8. The predicted molar refractivity (Wildman–Crippen MR) is 126 cm³/mol. The molecule has 3 rings (SSSR count). The van der Waals surface area contributed by atoms with E-state index in [-0.39, 0.29) is 17.4 Å². The maximum Gasteiger partial charge on any atom is 0.407 e. The minimum Gasteiger partial charge on any atom is -0.465 e. The molecule has 1 aliphatic rings. The van der Waals surface area contributed by atoms with Crippen LogP contribution in [0.2, 0.25) is 0 Å². The molecule has 2 amide bonds. The van der Waals surface area contributed by atoms with E-state index >= 15 is 0 Å². The van der Waals surface area contributed by atoms with Crippen molar-refractivity contribution in [1.82, 2.24) is 15.3 Å². The summed E-state index contributed by atoms with van der Waals surface area (Å²) >= 11 is 0. The molecule has 2 heterocycles. The van der Waals surface area contributed by atoms with Crippen LogP contribution in [0.3, 0.4) is 0 Å². The lowest BCUT2D eigenvalue weighted by Crippen LogP contribution is -2.49. The normalized spacial score (nSPS) is 15.9. The number of anilines is 3. The second-order valence-electron chi connectivity index (χ2n) is 8.93. The molecule has 182 valence electrons. The third-order valence-electron chi connectivity index (χ3n) is 5.01. The van der Waals surface area contributed by atoms with Gasteiger partial charge in [0.25, 0.3) is 5.91 Å². The summed E-state index contributed by atoms with van der Waals surface area (Å²) in [5.41, 5.74) is 5.90. The van der Waals surface area contributed by atoms with Gasteiger partial charge in [0.15, 0.2) is 0 Å². The third kappa shape index (κ3) is 6.56. The number of alkyl carbamates (subject to hydrolysis) is 1. The Hall–Kier alpha value is -3.89. The first-order valence-electron chi connectivity index (χ1n) is 10.9. The summed E-state index contributed by atoms with van der Waals surface area (Å²) in [4.78, 5) is 46.7. The number of rotatable bonds is 6. The summed E-state index contributed by atoms with van der Waals surface area (Å²) in [7, 11) is 1.30. The topological polar surface area (TPSA) is 149 Å². The average molecular weight is 471 g/mol. The van der Waals surface area contributed by atoms with Crippen molar-refractivity contribution >= 4 is 35.4 Å². The second-order valence-corrected chi connectivity index (χ2v) is 8.93. The Bertz CT molecular complexity index is 1070. The van der Waals surface area contributed by atoms with Gasteiger partial charge in [0, 0.05) is 31.0 Å². The van der Waals surface area contributed by atoms with Gasteiger partial charge in [-0.05, 0) is 51.8 Å². The number of esters is 1. The van der Waals surface area contributed by atoms with Crippen molar-refractivity contribution in [1.29, 1.82) is 0 Å². The van der Waals surface area contributed by atoms with Gasteiger partial charge in [0.1, 0.15) is 17.0 Å². The first kappa shape index (κ1) is 24.7. The lowest BCUT2D eigenvalue weighted by Gasteiger charge is -2.33. The molecule has 0 bridgehead atoms. The molecule has 0 spiro atoms. The zero-order chi connectivity index (χ0) is 24.9. The number of amides is 2. The summed E-state index contributed by atoms with van der Waals surface area (Å²) in [5, 5.41) is 5.94. The minimum atomic E-state index is -0.693. The molecule has 0 unspecified atom stereocenters. The fraction of sp³-hybridized carbons (Fsp3) is 0.435. The van der Waals surface area contributed by atoms with Crippen LogP contribution >= 0.6 is 0 Å². The van der Waals surface area contributed by atoms with Gasteiger partial charge < -0.3 is 30.7 Å². The molecular formula is C23H30N6O5. The lowest BCUT2D eigenvalue weighted by atomic mass is 10.1. The van der Waals surface area contributed by atoms with Crippen LogP contribution in [0.25, 0.3) is 0 Å². The number of piperidine rings is 1. The summed E-state index contributed by atoms with van der Waals surface area (Å²) in [6, 6.07) is 6.46. The monoisotopic (exact) mass is 470 g/mol. The molecule has 34 heavy (non-hydrogen) atoms. The number of aromatic nitrogens is 2. The third-order valence-corrected chi connectivity index (χ3v) is 5.01. The zero-order valence-electron chi connectivity index (χ0n) is 19.8. The molecule has 1 atom stereocenters. The predicted octanol–water partition coefficient (Wildman–Crippen LogP) is 2.60. The van der Waals surface area contributed by atoms with Crippen LogP contribution in [0.4, 0.5) is 22.2 Å². The minimum absolute atomic E-state index is 0.104. The molecule has 1 aliphatic heterocycles. The molecule has 11 heteroatoms. The number of methoxy groups -OCH3 is 1. The van der Waals surface area contributed by atoms with E-state index in [1.165, 1.54) is 13.3 Å². The molecular weight excluding hydrogens is 440 g/mol.